The van der Waals surface area contributed by atoms with Crippen molar-refractivity contribution in [2.45, 2.75) is 32.8 Å². The number of aliphatic imine (C=N–C) groups is 1. The van der Waals surface area contributed by atoms with Crippen LogP contribution in [0.1, 0.15) is 37.5 Å². The maximum Gasteiger partial charge on any atom is 0.191 e. The van der Waals surface area contributed by atoms with Crippen LogP contribution in [0.15, 0.2) is 47.7 Å². The minimum absolute atomic E-state index is 0.117. The van der Waals surface area contributed by atoms with Crippen molar-refractivity contribution < 1.29 is 4.74 Å². The molecule has 2 aromatic rings. The molecule has 1 aromatic heterocycles. The number of benzene rings is 1. The van der Waals surface area contributed by atoms with E-state index in [1.807, 2.05) is 42.3 Å². The van der Waals surface area contributed by atoms with Gasteiger partial charge >= 0.3 is 0 Å². The second kappa shape index (κ2) is 11.3. The predicted octanol–water partition coefficient (Wildman–Crippen LogP) is 2.69. The summed E-state index contributed by atoms with van der Waals surface area (Å²) in [6.07, 6.45) is 5.88. The molecule has 1 heterocycles. The van der Waals surface area contributed by atoms with Crippen LogP contribution in [0.25, 0.3) is 0 Å². The maximum atomic E-state index is 5.89. The molecule has 2 rings (SSSR count). The van der Waals surface area contributed by atoms with Crippen molar-refractivity contribution >= 4 is 5.96 Å². The summed E-state index contributed by atoms with van der Waals surface area (Å²) in [6, 6.07) is 10.3. The number of hydrogen-bond acceptors (Lipinski definition) is 3. The molecule has 0 fully saturated rings. The number of nitrogens with zero attached hydrogens (tertiary/aromatic N) is 3. The highest BCUT2D eigenvalue weighted by molar-refractivity contribution is 5.79. The van der Waals surface area contributed by atoms with Gasteiger partial charge in [0.2, 0.25) is 0 Å². The van der Waals surface area contributed by atoms with Gasteiger partial charge in [-0.1, -0.05) is 30.3 Å². The molecule has 1 aromatic carbocycles. The first kappa shape index (κ1) is 20.0. The minimum Gasteiger partial charge on any atom is -0.374 e. The molecule has 6 heteroatoms. The first-order valence-corrected chi connectivity index (χ1v) is 9.35. The topological polar surface area (TPSA) is 63.5 Å². The fourth-order valence-corrected chi connectivity index (χ4v) is 2.60. The summed E-state index contributed by atoms with van der Waals surface area (Å²) in [6.45, 7) is 7.28. The molecule has 142 valence electrons. The van der Waals surface area contributed by atoms with Gasteiger partial charge in [0, 0.05) is 39.5 Å². The zero-order valence-corrected chi connectivity index (χ0v) is 16.1. The number of nitrogens with one attached hydrogen (secondary N) is 2. The Kier molecular flexibility index (Phi) is 8.69. The Hall–Kier alpha value is -2.34. The summed E-state index contributed by atoms with van der Waals surface area (Å²) in [7, 11) is 1.93. The van der Waals surface area contributed by atoms with Gasteiger partial charge in [-0.25, -0.2) is 0 Å². The largest absolute Gasteiger partial charge is 0.374 e. The summed E-state index contributed by atoms with van der Waals surface area (Å²) in [5, 5.41) is 10.8. The van der Waals surface area contributed by atoms with Gasteiger partial charge < -0.3 is 15.4 Å². The average molecular weight is 358 g/mol. The molecule has 0 aliphatic carbocycles. The zero-order chi connectivity index (χ0) is 18.6. The van der Waals surface area contributed by atoms with Gasteiger partial charge in [-0.2, -0.15) is 5.10 Å². The van der Waals surface area contributed by atoms with Gasteiger partial charge in [0.1, 0.15) is 0 Å². The SMILES string of the molecule is CCNC(=NCCCOC(C)c1ccccc1)NCCc1cnn(C)c1. The molecule has 26 heavy (non-hydrogen) atoms. The Morgan fingerprint density at radius 3 is 2.77 bits per heavy atom. The van der Waals surface area contributed by atoms with Crippen molar-refractivity contribution in [2.75, 3.05) is 26.2 Å². The van der Waals surface area contributed by atoms with E-state index in [-0.39, 0.29) is 6.10 Å². The quantitative estimate of drug-likeness (QED) is 0.390. The Bertz CT molecular complexity index is 653. The lowest BCUT2D eigenvalue weighted by Gasteiger charge is -2.13. The summed E-state index contributed by atoms with van der Waals surface area (Å²) in [5.74, 6) is 0.854. The molecule has 0 amide bonds. The predicted molar refractivity (Wildman–Crippen MR) is 106 cm³/mol. The molecule has 0 spiro atoms. The van der Waals surface area contributed by atoms with Crippen LogP contribution < -0.4 is 10.6 Å². The van der Waals surface area contributed by atoms with Crippen LogP contribution in [0.3, 0.4) is 0 Å². The highest BCUT2D eigenvalue weighted by Crippen LogP contribution is 2.15. The second-order valence-electron chi connectivity index (χ2n) is 6.24. The van der Waals surface area contributed by atoms with Crippen molar-refractivity contribution in [3.63, 3.8) is 0 Å². The van der Waals surface area contributed by atoms with Crippen LogP contribution in [0.2, 0.25) is 0 Å². The standard InChI is InChI=1S/C20H31N5O/c1-4-21-20(23-13-11-18-15-24-25(3)16-18)22-12-8-14-26-17(2)19-9-6-5-7-10-19/h5-7,9-10,15-17H,4,8,11-14H2,1-3H3,(H2,21,22,23). The van der Waals surface area contributed by atoms with Crippen molar-refractivity contribution in [3.05, 3.63) is 53.9 Å². The van der Waals surface area contributed by atoms with Crippen LogP contribution >= 0.6 is 0 Å². The first-order chi connectivity index (χ1) is 12.7. The van der Waals surface area contributed by atoms with Gasteiger partial charge in [0.05, 0.1) is 12.3 Å². The maximum absolute atomic E-state index is 5.89. The smallest absolute Gasteiger partial charge is 0.191 e. The minimum atomic E-state index is 0.117. The molecule has 1 unspecified atom stereocenters. The number of rotatable bonds is 10. The van der Waals surface area contributed by atoms with Crippen LogP contribution in [-0.4, -0.2) is 42.0 Å². The molecule has 2 N–H and O–H groups in total. The van der Waals surface area contributed by atoms with E-state index < -0.39 is 0 Å². The van der Waals surface area contributed by atoms with Gasteiger partial charge in [-0.3, -0.25) is 9.67 Å². The van der Waals surface area contributed by atoms with Gasteiger partial charge in [-0.15, -0.1) is 0 Å². The van der Waals surface area contributed by atoms with E-state index in [0.29, 0.717) is 6.61 Å². The van der Waals surface area contributed by atoms with Crippen LogP contribution in [0.4, 0.5) is 0 Å². The van der Waals surface area contributed by atoms with Gasteiger partial charge in [0.25, 0.3) is 0 Å². The third-order valence-corrected chi connectivity index (χ3v) is 4.02. The lowest BCUT2D eigenvalue weighted by molar-refractivity contribution is 0.0652. The monoisotopic (exact) mass is 357 g/mol. The molecule has 6 nitrogen and oxygen atoms in total. The molecular weight excluding hydrogens is 326 g/mol. The molecule has 0 saturated carbocycles. The Labute approximate surface area is 156 Å². The molecular formula is C20H31N5O. The molecule has 0 aliphatic heterocycles. The number of guanidine groups is 1. The Balaban J connectivity index is 1.66. The van der Waals surface area contributed by atoms with Crippen LogP contribution in [0, 0.1) is 0 Å². The Morgan fingerprint density at radius 2 is 2.08 bits per heavy atom. The van der Waals surface area contributed by atoms with E-state index in [2.05, 4.69) is 46.7 Å². The van der Waals surface area contributed by atoms with Crippen molar-refractivity contribution in [2.24, 2.45) is 12.0 Å². The first-order valence-electron chi connectivity index (χ1n) is 9.35. The van der Waals surface area contributed by atoms with Crippen LogP contribution in [0.5, 0.6) is 0 Å². The second-order valence-corrected chi connectivity index (χ2v) is 6.24. The summed E-state index contributed by atoms with van der Waals surface area (Å²) < 4.78 is 7.72. The highest BCUT2D eigenvalue weighted by Gasteiger charge is 2.04. The third kappa shape index (κ3) is 7.27. The molecule has 1 atom stereocenters. The van der Waals surface area contributed by atoms with E-state index in [4.69, 9.17) is 4.74 Å². The number of aryl methyl sites for hydroxylation is 1. The highest BCUT2D eigenvalue weighted by atomic mass is 16.5. The van der Waals surface area contributed by atoms with Gasteiger partial charge in [-0.05, 0) is 37.8 Å². The van der Waals surface area contributed by atoms with E-state index in [1.54, 1.807) is 0 Å². The lowest BCUT2D eigenvalue weighted by atomic mass is 10.1. The van der Waals surface area contributed by atoms with E-state index >= 15 is 0 Å². The summed E-state index contributed by atoms with van der Waals surface area (Å²) in [4.78, 5) is 4.61. The fourth-order valence-electron chi connectivity index (χ4n) is 2.60. The average Bonchev–Trinajstić information content (AvgIpc) is 3.07. The molecule has 0 saturated heterocycles. The summed E-state index contributed by atoms with van der Waals surface area (Å²) in [5.41, 5.74) is 2.43. The van der Waals surface area contributed by atoms with Crippen LogP contribution in [-0.2, 0) is 18.2 Å². The molecule has 0 radical (unpaired) electrons. The van der Waals surface area contributed by atoms with Crippen molar-refractivity contribution in [1.29, 1.82) is 0 Å². The van der Waals surface area contributed by atoms with Crippen molar-refractivity contribution in [3.8, 4) is 0 Å². The normalized spacial score (nSPS) is 12.8. The Morgan fingerprint density at radius 1 is 1.27 bits per heavy atom. The van der Waals surface area contributed by atoms with Crippen molar-refractivity contribution in [1.82, 2.24) is 20.4 Å². The third-order valence-electron chi connectivity index (χ3n) is 4.02. The van der Waals surface area contributed by atoms with Gasteiger partial charge in [0.15, 0.2) is 5.96 Å². The number of ether oxygens (including phenoxy) is 1. The van der Waals surface area contributed by atoms with E-state index in [1.165, 1.54) is 11.1 Å². The van der Waals surface area contributed by atoms with E-state index in [0.717, 1.165) is 38.4 Å². The zero-order valence-electron chi connectivity index (χ0n) is 16.1. The summed E-state index contributed by atoms with van der Waals surface area (Å²) >= 11 is 0. The fraction of sp³-hybridized carbons (Fsp3) is 0.500. The number of hydrogen-bond donors (Lipinski definition) is 2. The molecule has 0 aliphatic rings. The lowest BCUT2D eigenvalue weighted by Crippen LogP contribution is -2.38. The van der Waals surface area contributed by atoms with E-state index in [9.17, 15) is 0 Å². The molecule has 0 bridgehead atoms. The number of aromatic nitrogens is 2.